The van der Waals surface area contributed by atoms with Gasteiger partial charge in [-0.3, -0.25) is 4.18 Å². The molecule has 0 aliphatic carbocycles. The molecule has 0 radical (unpaired) electrons. The van der Waals surface area contributed by atoms with Gasteiger partial charge in [-0.15, -0.1) is 0 Å². The van der Waals surface area contributed by atoms with Crippen LogP contribution >= 0.6 is 0 Å². The molecular weight excluding hydrogens is 262 g/mol. The molecular formula is C14H21NO3S. The van der Waals surface area contributed by atoms with Crippen LogP contribution in [-0.4, -0.2) is 39.2 Å². The van der Waals surface area contributed by atoms with Crippen molar-refractivity contribution in [2.24, 2.45) is 0 Å². The molecule has 19 heavy (non-hydrogen) atoms. The van der Waals surface area contributed by atoms with E-state index < -0.39 is 16.2 Å². The van der Waals surface area contributed by atoms with Gasteiger partial charge in [0.25, 0.3) is 10.1 Å². The van der Waals surface area contributed by atoms with E-state index in [0.717, 1.165) is 24.9 Å². The van der Waals surface area contributed by atoms with Gasteiger partial charge >= 0.3 is 0 Å². The van der Waals surface area contributed by atoms with Crippen LogP contribution in [0.5, 0.6) is 0 Å². The van der Waals surface area contributed by atoms with Crippen molar-refractivity contribution in [2.75, 3.05) is 25.9 Å². The maximum atomic E-state index is 11.4. The van der Waals surface area contributed by atoms with Gasteiger partial charge in [0, 0.05) is 6.54 Å². The highest BCUT2D eigenvalue weighted by atomic mass is 32.2. The monoisotopic (exact) mass is 283 g/mol. The average Bonchev–Trinajstić information content (AvgIpc) is 2.39. The molecule has 5 heteroatoms. The molecule has 0 aromatic heterocycles. The van der Waals surface area contributed by atoms with E-state index in [1.807, 2.05) is 30.3 Å². The Morgan fingerprint density at radius 3 is 2.37 bits per heavy atom. The number of benzene rings is 1. The Balaban J connectivity index is 2.09. The zero-order valence-electron chi connectivity index (χ0n) is 11.3. The molecule has 2 rings (SSSR count). The summed E-state index contributed by atoms with van der Waals surface area (Å²) in [4.78, 5) is 2.28. The van der Waals surface area contributed by atoms with Crippen molar-refractivity contribution >= 4 is 10.1 Å². The maximum Gasteiger partial charge on any atom is 0.265 e. The highest BCUT2D eigenvalue weighted by Crippen LogP contribution is 2.22. The van der Waals surface area contributed by atoms with Crippen LogP contribution in [0.25, 0.3) is 0 Å². The third-order valence-electron chi connectivity index (χ3n) is 3.34. The number of nitrogens with zero attached hydrogens (tertiary/aromatic N) is 1. The fourth-order valence-corrected chi connectivity index (χ4v) is 3.04. The summed E-state index contributed by atoms with van der Waals surface area (Å²) in [6.45, 7) is 2.68. The van der Waals surface area contributed by atoms with Crippen LogP contribution in [0.4, 0.5) is 0 Å². The van der Waals surface area contributed by atoms with E-state index in [2.05, 4.69) is 4.90 Å². The van der Waals surface area contributed by atoms with Gasteiger partial charge in [0.05, 0.1) is 6.26 Å². The van der Waals surface area contributed by atoms with Gasteiger partial charge in [0.15, 0.2) is 0 Å². The number of hydrogen-bond donors (Lipinski definition) is 0. The van der Waals surface area contributed by atoms with E-state index in [1.165, 1.54) is 19.3 Å². The van der Waals surface area contributed by atoms with Gasteiger partial charge in [0.2, 0.25) is 0 Å². The Kier molecular flexibility index (Phi) is 4.96. The molecule has 0 saturated carbocycles. The number of hydrogen-bond acceptors (Lipinski definition) is 4. The zero-order chi connectivity index (χ0) is 13.7. The van der Waals surface area contributed by atoms with Gasteiger partial charge in [0.1, 0.15) is 6.10 Å². The predicted molar refractivity (Wildman–Crippen MR) is 75.4 cm³/mol. The maximum absolute atomic E-state index is 11.4. The van der Waals surface area contributed by atoms with Crippen LogP contribution in [0, 0.1) is 0 Å². The quantitative estimate of drug-likeness (QED) is 0.777. The van der Waals surface area contributed by atoms with E-state index >= 15 is 0 Å². The van der Waals surface area contributed by atoms with E-state index in [1.54, 1.807) is 0 Å². The number of likely N-dealkylation sites (tertiary alicyclic amines) is 1. The molecule has 0 spiro atoms. The summed E-state index contributed by atoms with van der Waals surface area (Å²) in [5.74, 6) is 0. The molecule has 1 atom stereocenters. The van der Waals surface area contributed by atoms with E-state index in [-0.39, 0.29) is 0 Å². The smallest absolute Gasteiger partial charge is 0.265 e. The third-order valence-corrected chi connectivity index (χ3v) is 3.92. The molecule has 1 aliphatic heterocycles. The standard InChI is InChI=1S/C14H21NO3S/c1-19(16,17)18-14(13-8-4-2-5-9-13)12-15-10-6-3-7-11-15/h2,4-5,8-9,14H,3,6-7,10-12H2,1H3/t14-/m0/s1. The van der Waals surface area contributed by atoms with Crippen molar-refractivity contribution in [1.82, 2.24) is 4.90 Å². The molecule has 0 amide bonds. The minimum atomic E-state index is -3.45. The molecule has 0 unspecified atom stereocenters. The normalized spacial score (nSPS) is 19.2. The first kappa shape index (κ1) is 14.5. The second-order valence-electron chi connectivity index (χ2n) is 5.06. The minimum Gasteiger partial charge on any atom is -0.300 e. The molecule has 1 heterocycles. The molecule has 0 N–H and O–H groups in total. The number of piperidine rings is 1. The second kappa shape index (κ2) is 6.50. The summed E-state index contributed by atoms with van der Waals surface area (Å²) >= 11 is 0. The Morgan fingerprint density at radius 2 is 1.79 bits per heavy atom. The van der Waals surface area contributed by atoms with Crippen LogP contribution in [0.2, 0.25) is 0 Å². The van der Waals surface area contributed by atoms with Gasteiger partial charge in [-0.1, -0.05) is 36.8 Å². The lowest BCUT2D eigenvalue weighted by Crippen LogP contribution is -2.34. The second-order valence-corrected chi connectivity index (χ2v) is 6.66. The Labute approximate surface area is 115 Å². The Hall–Kier alpha value is -0.910. The topological polar surface area (TPSA) is 46.6 Å². The van der Waals surface area contributed by atoms with Crippen molar-refractivity contribution in [2.45, 2.75) is 25.4 Å². The minimum absolute atomic E-state index is 0.408. The summed E-state index contributed by atoms with van der Waals surface area (Å²) in [7, 11) is -3.45. The third kappa shape index (κ3) is 4.93. The van der Waals surface area contributed by atoms with Crippen molar-refractivity contribution in [3.8, 4) is 0 Å². The fourth-order valence-electron chi connectivity index (χ4n) is 2.45. The predicted octanol–water partition coefficient (Wildman–Crippen LogP) is 2.19. The molecule has 1 saturated heterocycles. The lowest BCUT2D eigenvalue weighted by molar-refractivity contribution is 0.125. The Morgan fingerprint density at radius 1 is 1.16 bits per heavy atom. The summed E-state index contributed by atoms with van der Waals surface area (Å²) in [5.41, 5.74) is 0.915. The fraction of sp³-hybridized carbons (Fsp3) is 0.571. The van der Waals surface area contributed by atoms with Gasteiger partial charge < -0.3 is 4.90 Å². The lowest BCUT2D eigenvalue weighted by Gasteiger charge is -2.30. The van der Waals surface area contributed by atoms with Crippen LogP contribution in [0.1, 0.15) is 30.9 Å². The van der Waals surface area contributed by atoms with E-state index in [4.69, 9.17) is 4.18 Å². The van der Waals surface area contributed by atoms with Crippen LogP contribution < -0.4 is 0 Å². The molecule has 1 aliphatic rings. The molecule has 1 aromatic carbocycles. The van der Waals surface area contributed by atoms with Crippen molar-refractivity contribution in [3.63, 3.8) is 0 Å². The molecule has 0 bridgehead atoms. The molecule has 4 nitrogen and oxygen atoms in total. The lowest BCUT2D eigenvalue weighted by atomic mass is 10.1. The molecule has 106 valence electrons. The van der Waals surface area contributed by atoms with E-state index in [0.29, 0.717) is 6.54 Å². The SMILES string of the molecule is CS(=O)(=O)O[C@@H](CN1CCCCC1)c1ccccc1. The summed E-state index contributed by atoms with van der Waals surface area (Å²) in [6.07, 6.45) is 4.33. The zero-order valence-corrected chi connectivity index (χ0v) is 12.1. The average molecular weight is 283 g/mol. The number of rotatable bonds is 5. The van der Waals surface area contributed by atoms with Gasteiger partial charge in [-0.2, -0.15) is 8.42 Å². The first-order valence-electron chi connectivity index (χ1n) is 6.70. The largest absolute Gasteiger partial charge is 0.300 e. The van der Waals surface area contributed by atoms with Crippen molar-refractivity contribution < 1.29 is 12.6 Å². The van der Waals surface area contributed by atoms with Crippen molar-refractivity contribution in [3.05, 3.63) is 35.9 Å². The van der Waals surface area contributed by atoms with Crippen LogP contribution in [0.15, 0.2) is 30.3 Å². The highest BCUT2D eigenvalue weighted by Gasteiger charge is 2.22. The molecule has 1 fully saturated rings. The van der Waals surface area contributed by atoms with Crippen molar-refractivity contribution in [1.29, 1.82) is 0 Å². The van der Waals surface area contributed by atoms with Gasteiger partial charge in [-0.25, -0.2) is 0 Å². The first-order valence-corrected chi connectivity index (χ1v) is 8.52. The van der Waals surface area contributed by atoms with Gasteiger partial charge in [-0.05, 0) is 31.5 Å². The van der Waals surface area contributed by atoms with Crippen LogP contribution in [-0.2, 0) is 14.3 Å². The Bertz CT molecular complexity index is 481. The summed E-state index contributed by atoms with van der Waals surface area (Å²) < 4.78 is 28.1. The van der Waals surface area contributed by atoms with Crippen LogP contribution in [0.3, 0.4) is 0 Å². The summed E-state index contributed by atoms with van der Waals surface area (Å²) in [6, 6.07) is 9.57. The first-order chi connectivity index (χ1) is 9.04. The highest BCUT2D eigenvalue weighted by molar-refractivity contribution is 7.86. The van der Waals surface area contributed by atoms with E-state index in [9.17, 15) is 8.42 Å². The summed E-state index contributed by atoms with van der Waals surface area (Å²) in [5, 5.41) is 0. The molecule has 1 aromatic rings.